The van der Waals surface area contributed by atoms with E-state index in [-0.39, 0.29) is 5.91 Å². The summed E-state index contributed by atoms with van der Waals surface area (Å²) in [6.07, 6.45) is 4.83. The molecule has 0 aliphatic carbocycles. The Bertz CT molecular complexity index is 458. The van der Waals surface area contributed by atoms with E-state index in [1.54, 1.807) is 6.07 Å². The van der Waals surface area contributed by atoms with Gasteiger partial charge in [-0.15, -0.1) is 10.2 Å². The number of carbonyl (C=O) groups is 1. The van der Waals surface area contributed by atoms with Gasteiger partial charge in [-0.3, -0.25) is 4.79 Å². The van der Waals surface area contributed by atoms with Crippen LogP contribution in [-0.2, 0) is 0 Å². The van der Waals surface area contributed by atoms with Crippen molar-refractivity contribution in [2.24, 2.45) is 5.92 Å². The summed E-state index contributed by atoms with van der Waals surface area (Å²) < 4.78 is 0. The number of piperidine rings is 1. The van der Waals surface area contributed by atoms with Crippen molar-refractivity contribution in [3.8, 4) is 0 Å². The third-order valence-corrected chi connectivity index (χ3v) is 3.95. The van der Waals surface area contributed by atoms with Crippen LogP contribution in [0.1, 0.15) is 56.9 Å². The molecule has 0 saturated carbocycles. The number of hydrogen-bond acceptors (Lipinski definition) is 4. The van der Waals surface area contributed by atoms with E-state index in [9.17, 15) is 4.79 Å². The summed E-state index contributed by atoms with van der Waals surface area (Å²) in [5.74, 6) is 1.18. The highest BCUT2D eigenvalue weighted by molar-refractivity contribution is 5.92. The number of amides is 1. The summed E-state index contributed by atoms with van der Waals surface area (Å²) in [6, 6.07) is 4.25. The Morgan fingerprint density at radius 2 is 2.19 bits per heavy atom. The van der Waals surface area contributed by atoms with Gasteiger partial charge in [0, 0.05) is 19.1 Å². The Labute approximate surface area is 127 Å². The van der Waals surface area contributed by atoms with Crippen molar-refractivity contribution < 1.29 is 4.79 Å². The molecule has 2 heterocycles. The highest BCUT2D eigenvalue weighted by atomic mass is 16.1. The Kier molecular flexibility index (Phi) is 5.53. The zero-order valence-electron chi connectivity index (χ0n) is 13.3. The van der Waals surface area contributed by atoms with E-state index < -0.39 is 0 Å². The number of nitrogens with one attached hydrogen (secondary N) is 1. The molecule has 1 saturated heterocycles. The number of rotatable bonds is 5. The Morgan fingerprint density at radius 3 is 2.81 bits per heavy atom. The quantitative estimate of drug-likeness (QED) is 0.905. The van der Waals surface area contributed by atoms with Crippen molar-refractivity contribution in [2.45, 2.75) is 52.5 Å². The van der Waals surface area contributed by atoms with Gasteiger partial charge in [0.1, 0.15) is 0 Å². The van der Waals surface area contributed by atoms with Crippen molar-refractivity contribution in [1.82, 2.24) is 15.5 Å². The van der Waals surface area contributed by atoms with Gasteiger partial charge in [0.25, 0.3) is 5.91 Å². The summed E-state index contributed by atoms with van der Waals surface area (Å²) >= 11 is 0. The fraction of sp³-hybridized carbons (Fsp3) is 0.688. The number of aromatic nitrogens is 2. The fourth-order valence-corrected chi connectivity index (χ4v) is 2.71. The largest absolute Gasteiger partial charge is 0.352 e. The fourth-order valence-electron chi connectivity index (χ4n) is 2.71. The minimum absolute atomic E-state index is 0.145. The lowest BCUT2D eigenvalue weighted by molar-refractivity contribution is 0.0943. The van der Waals surface area contributed by atoms with Crippen LogP contribution < -0.4 is 10.2 Å². The summed E-state index contributed by atoms with van der Waals surface area (Å²) in [5.41, 5.74) is 0.393. The van der Waals surface area contributed by atoms with Gasteiger partial charge >= 0.3 is 0 Å². The standard InChI is InChI=1S/C16H26N4O/c1-4-13-7-5-6-10-20(13)15-9-8-14(18-19-15)16(21)17-11-12(2)3/h8-9,12-13H,4-7,10-11H2,1-3H3,(H,17,21). The number of carbonyl (C=O) groups excluding carboxylic acids is 1. The predicted octanol–water partition coefficient (Wildman–Crippen LogP) is 2.63. The maximum atomic E-state index is 11.9. The van der Waals surface area contributed by atoms with Crippen molar-refractivity contribution >= 4 is 11.7 Å². The number of hydrogen-bond donors (Lipinski definition) is 1. The van der Waals surface area contributed by atoms with E-state index >= 15 is 0 Å². The molecule has 2 rings (SSSR count). The second kappa shape index (κ2) is 7.38. The third kappa shape index (κ3) is 4.16. The molecule has 1 aliphatic heterocycles. The van der Waals surface area contributed by atoms with Crippen molar-refractivity contribution in [2.75, 3.05) is 18.0 Å². The van der Waals surface area contributed by atoms with E-state index in [0.717, 1.165) is 18.8 Å². The second-order valence-corrected chi connectivity index (χ2v) is 6.13. The molecule has 116 valence electrons. The summed E-state index contributed by atoms with van der Waals surface area (Å²) in [4.78, 5) is 14.3. The Balaban J connectivity index is 2.02. The maximum Gasteiger partial charge on any atom is 0.271 e. The highest BCUT2D eigenvalue weighted by Gasteiger charge is 2.22. The van der Waals surface area contributed by atoms with Gasteiger partial charge in [0.05, 0.1) is 0 Å². The molecule has 0 bridgehead atoms. The monoisotopic (exact) mass is 290 g/mol. The zero-order chi connectivity index (χ0) is 15.2. The van der Waals surface area contributed by atoms with Crippen molar-refractivity contribution in [3.05, 3.63) is 17.8 Å². The first-order valence-electron chi connectivity index (χ1n) is 8.00. The molecule has 1 aliphatic rings. The van der Waals surface area contributed by atoms with E-state index in [1.807, 2.05) is 6.07 Å². The summed E-state index contributed by atoms with van der Waals surface area (Å²) in [5, 5.41) is 11.2. The van der Waals surface area contributed by atoms with Crippen LogP contribution in [0.2, 0.25) is 0 Å². The van der Waals surface area contributed by atoms with Gasteiger partial charge in [0.15, 0.2) is 11.5 Å². The molecule has 5 nitrogen and oxygen atoms in total. The first kappa shape index (κ1) is 15.7. The van der Waals surface area contributed by atoms with Crippen molar-refractivity contribution in [1.29, 1.82) is 0 Å². The molecule has 0 aromatic carbocycles. The number of anilines is 1. The molecule has 1 N–H and O–H groups in total. The topological polar surface area (TPSA) is 58.1 Å². The smallest absolute Gasteiger partial charge is 0.271 e. The summed E-state index contributed by atoms with van der Waals surface area (Å²) in [7, 11) is 0. The van der Waals surface area contributed by atoms with Crippen LogP contribution in [0.5, 0.6) is 0 Å². The van der Waals surface area contributed by atoms with E-state index in [2.05, 4.69) is 41.2 Å². The predicted molar refractivity (Wildman–Crippen MR) is 84.5 cm³/mol. The summed E-state index contributed by atoms with van der Waals surface area (Å²) in [6.45, 7) is 8.04. The second-order valence-electron chi connectivity index (χ2n) is 6.13. The molecule has 1 aromatic heterocycles. The minimum Gasteiger partial charge on any atom is -0.352 e. The first-order valence-corrected chi connectivity index (χ1v) is 8.00. The molecule has 1 unspecified atom stereocenters. The van der Waals surface area contributed by atoms with Crippen LogP contribution in [0.4, 0.5) is 5.82 Å². The molecule has 0 radical (unpaired) electrons. The minimum atomic E-state index is -0.145. The Morgan fingerprint density at radius 1 is 1.38 bits per heavy atom. The molecule has 1 amide bonds. The average molecular weight is 290 g/mol. The molecular weight excluding hydrogens is 264 g/mol. The average Bonchev–Trinajstić information content (AvgIpc) is 2.52. The van der Waals surface area contributed by atoms with Crippen molar-refractivity contribution in [3.63, 3.8) is 0 Å². The van der Waals surface area contributed by atoms with E-state index in [1.165, 1.54) is 19.3 Å². The first-order chi connectivity index (χ1) is 10.1. The van der Waals surface area contributed by atoms with E-state index in [0.29, 0.717) is 24.2 Å². The maximum absolute atomic E-state index is 11.9. The van der Waals surface area contributed by atoms with Crippen LogP contribution >= 0.6 is 0 Å². The lowest BCUT2D eigenvalue weighted by atomic mass is 10.0. The molecule has 0 spiro atoms. The van der Waals surface area contributed by atoms with Crippen LogP contribution in [0, 0.1) is 5.92 Å². The zero-order valence-corrected chi connectivity index (χ0v) is 13.3. The molecule has 1 fully saturated rings. The molecular formula is C16H26N4O. The van der Waals surface area contributed by atoms with Crippen LogP contribution in [0.25, 0.3) is 0 Å². The van der Waals surface area contributed by atoms with Crippen LogP contribution in [0.3, 0.4) is 0 Å². The van der Waals surface area contributed by atoms with Gasteiger partial charge in [0.2, 0.25) is 0 Å². The molecule has 21 heavy (non-hydrogen) atoms. The van der Waals surface area contributed by atoms with Crippen LogP contribution in [-0.4, -0.2) is 35.2 Å². The third-order valence-electron chi connectivity index (χ3n) is 3.95. The van der Waals surface area contributed by atoms with Gasteiger partial charge in [-0.1, -0.05) is 20.8 Å². The normalized spacial score (nSPS) is 18.9. The number of nitrogens with zero attached hydrogens (tertiary/aromatic N) is 3. The highest BCUT2D eigenvalue weighted by Crippen LogP contribution is 2.24. The van der Waals surface area contributed by atoms with Gasteiger partial charge in [-0.05, 0) is 43.7 Å². The molecule has 1 atom stereocenters. The Hall–Kier alpha value is -1.65. The van der Waals surface area contributed by atoms with Crippen LogP contribution in [0.15, 0.2) is 12.1 Å². The van der Waals surface area contributed by atoms with Gasteiger partial charge in [-0.2, -0.15) is 0 Å². The van der Waals surface area contributed by atoms with E-state index in [4.69, 9.17) is 0 Å². The van der Waals surface area contributed by atoms with Gasteiger partial charge in [-0.25, -0.2) is 0 Å². The SMILES string of the molecule is CCC1CCCCN1c1ccc(C(=O)NCC(C)C)nn1. The van der Waals surface area contributed by atoms with Gasteiger partial charge < -0.3 is 10.2 Å². The molecule has 1 aromatic rings. The lowest BCUT2D eigenvalue weighted by Crippen LogP contribution is -2.39. The molecule has 5 heteroatoms. The lowest BCUT2D eigenvalue weighted by Gasteiger charge is -2.35.